The molecule has 0 unspecified atom stereocenters. The van der Waals surface area contributed by atoms with Crippen molar-refractivity contribution in [3.05, 3.63) is 83.3 Å². The van der Waals surface area contributed by atoms with Crippen molar-refractivity contribution < 1.29 is 0 Å². The second-order valence-corrected chi connectivity index (χ2v) is 7.22. The zero-order valence-electron chi connectivity index (χ0n) is 16.8. The Labute approximate surface area is 170 Å². The summed E-state index contributed by atoms with van der Waals surface area (Å²) in [5.41, 5.74) is 9.12. The lowest BCUT2D eigenvalue weighted by molar-refractivity contribution is 1.13. The summed E-state index contributed by atoms with van der Waals surface area (Å²) in [6.45, 7) is 6.32. The molecule has 142 valence electrons. The molecule has 4 rings (SSSR count). The third-order valence-electron chi connectivity index (χ3n) is 5.08. The molecule has 0 aliphatic carbocycles. The van der Waals surface area contributed by atoms with Crippen LogP contribution in [0.2, 0.25) is 0 Å². The molecule has 2 aromatic heterocycles. The van der Waals surface area contributed by atoms with Crippen molar-refractivity contribution in [3.63, 3.8) is 0 Å². The third-order valence-corrected chi connectivity index (χ3v) is 5.08. The molecule has 0 radical (unpaired) electrons. The normalized spacial score (nSPS) is 10.7. The van der Waals surface area contributed by atoms with Gasteiger partial charge in [0.25, 0.3) is 0 Å². The summed E-state index contributed by atoms with van der Waals surface area (Å²) in [5.74, 6) is 0. The first kappa shape index (κ1) is 18.6. The Balaban J connectivity index is 1.68. The van der Waals surface area contributed by atoms with E-state index >= 15 is 0 Å². The molecule has 0 saturated heterocycles. The van der Waals surface area contributed by atoms with Gasteiger partial charge in [-0.2, -0.15) is 5.26 Å². The van der Waals surface area contributed by atoms with E-state index in [1.807, 2.05) is 19.1 Å². The fourth-order valence-electron chi connectivity index (χ4n) is 3.54. The maximum Gasteiger partial charge on any atom is 0.140 e. The molecular weight excluding hydrogens is 356 g/mol. The van der Waals surface area contributed by atoms with Crippen LogP contribution in [0.25, 0.3) is 22.0 Å². The van der Waals surface area contributed by atoms with Gasteiger partial charge in [0.2, 0.25) is 0 Å². The van der Waals surface area contributed by atoms with E-state index in [2.05, 4.69) is 66.6 Å². The van der Waals surface area contributed by atoms with Crippen molar-refractivity contribution in [2.45, 2.75) is 27.2 Å². The van der Waals surface area contributed by atoms with Gasteiger partial charge < -0.3 is 5.32 Å². The van der Waals surface area contributed by atoms with Crippen molar-refractivity contribution in [3.8, 4) is 17.2 Å². The number of rotatable bonds is 4. The van der Waals surface area contributed by atoms with E-state index in [-0.39, 0.29) is 0 Å². The quantitative estimate of drug-likeness (QED) is 0.467. The zero-order valence-corrected chi connectivity index (χ0v) is 16.8. The summed E-state index contributed by atoms with van der Waals surface area (Å²) in [6.07, 6.45) is 2.73. The zero-order chi connectivity index (χ0) is 20.4. The summed E-state index contributed by atoms with van der Waals surface area (Å²) < 4.78 is 0. The molecule has 4 nitrogen and oxygen atoms in total. The third kappa shape index (κ3) is 3.81. The molecule has 4 aromatic rings. The SMILES string of the molecule is CCc1cc(C)c2nc(C)cc(Nc3ccc(-c4ccc(C#N)nc4)cc3)c2c1. The average Bonchev–Trinajstić information content (AvgIpc) is 2.75. The largest absolute Gasteiger partial charge is 0.355 e. The van der Waals surface area contributed by atoms with Crippen LogP contribution in [0.15, 0.2) is 60.8 Å². The molecule has 2 aromatic carbocycles. The van der Waals surface area contributed by atoms with Gasteiger partial charge >= 0.3 is 0 Å². The van der Waals surface area contributed by atoms with Gasteiger partial charge in [-0.3, -0.25) is 4.98 Å². The Morgan fingerprint density at radius 1 is 0.966 bits per heavy atom. The van der Waals surface area contributed by atoms with Gasteiger partial charge in [-0.05, 0) is 73.4 Å². The number of fused-ring (bicyclic) bond motifs is 1. The maximum atomic E-state index is 8.90. The fourth-order valence-corrected chi connectivity index (χ4v) is 3.54. The van der Waals surface area contributed by atoms with Crippen molar-refractivity contribution in [2.24, 2.45) is 0 Å². The number of nitrogens with zero attached hydrogens (tertiary/aromatic N) is 3. The minimum absolute atomic E-state index is 0.425. The second-order valence-electron chi connectivity index (χ2n) is 7.22. The second kappa shape index (κ2) is 7.73. The monoisotopic (exact) mass is 378 g/mol. The molecule has 0 spiro atoms. The topological polar surface area (TPSA) is 61.6 Å². The van der Waals surface area contributed by atoms with Crippen LogP contribution in [0.4, 0.5) is 11.4 Å². The van der Waals surface area contributed by atoms with E-state index in [1.165, 1.54) is 11.1 Å². The first-order chi connectivity index (χ1) is 14.1. The van der Waals surface area contributed by atoms with E-state index in [9.17, 15) is 0 Å². The van der Waals surface area contributed by atoms with Gasteiger partial charge in [-0.25, -0.2) is 4.98 Å². The predicted octanol–water partition coefficient (Wildman–Crippen LogP) is 6.09. The van der Waals surface area contributed by atoms with Gasteiger partial charge in [0.05, 0.1) is 5.52 Å². The van der Waals surface area contributed by atoms with E-state index < -0.39 is 0 Å². The van der Waals surface area contributed by atoms with Gasteiger partial charge in [0.1, 0.15) is 11.8 Å². The number of aromatic nitrogens is 2. The highest BCUT2D eigenvalue weighted by atomic mass is 14.9. The molecule has 0 aliphatic rings. The van der Waals surface area contributed by atoms with Gasteiger partial charge in [0.15, 0.2) is 0 Å². The van der Waals surface area contributed by atoms with Crippen LogP contribution in [-0.2, 0) is 6.42 Å². The fraction of sp³-hybridized carbons (Fsp3) is 0.160. The first-order valence-electron chi connectivity index (χ1n) is 9.72. The summed E-state index contributed by atoms with van der Waals surface area (Å²) in [4.78, 5) is 8.90. The molecule has 0 atom stereocenters. The molecule has 0 bridgehead atoms. The van der Waals surface area contributed by atoms with Crippen LogP contribution in [0.1, 0.15) is 29.4 Å². The van der Waals surface area contributed by atoms with E-state index in [0.717, 1.165) is 45.5 Å². The Morgan fingerprint density at radius 2 is 1.72 bits per heavy atom. The van der Waals surface area contributed by atoms with Crippen molar-refractivity contribution in [2.75, 3.05) is 5.32 Å². The Hall–Kier alpha value is -3.71. The van der Waals surface area contributed by atoms with Crippen LogP contribution in [0, 0.1) is 25.2 Å². The lowest BCUT2D eigenvalue weighted by atomic mass is 10.0. The molecule has 1 N–H and O–H groups in total. The minimum atomic E-state index is 0.425. The standard InChI is InChI=1S/C25H22N4/c1-4-18-11-16(2)25-23(13-18)24(12-17(3)28-25)29-21-8-5-19(6-9-21)20-7-10-22(14-26)27-15-20/h5-13,15H,4H2,1-3H3,(H,28,29). The van der Waals surface area contributed by atoms with Gasteiger partial charge in [-0.1, -0.05) is 25.1 Å². The minimum Gasteiger partial charge on any atom is -0.355 e. The average molecular weight is 378 g/mol. The molecule has 0 saturated carbocycles. The van der Waals surface area contributed by atoms with E-state index in [4.69, 9.17) is 10.2 Å². The predicted molar refractivity (Wildman–Crippen MR) is 118 cm³/mol. The number of hydrogen-bond donors (Lipinski definition) is 1. The number of nitrogens with one attached hydrogen (secondary N) is 1. The number of benzene rings is 2. The molecule has 0 amide bonds. The van der Waals surface area contributed by atoms with Crippen molar-refractivity contribution in [1.82, 2.24) is 9.97 Å². The summed E-state index contributed by atoms with van der Waals surface area (Å²) in [5, 5.41) is 13.6. The van der Waals surface area contributed by atoms with Crippen LogP contribution in [0.5, 0.6) is 0 Å². The number of nitriles is 1. The highest BCUT2D eigenvalue weighted by Crippen LogP contribution is 2.30. The molecule has 0 fully saturated rings. The lowest BCUT2D eigenvalue weighted by Gasteiger charge is -2.14. The molecular formula is C25H22N4. The Morgan fingerprint density at radius 3 is 2.38 bits per heavy atom. The maximum absolute atomic E-state index is 8.90. The van der Waals surface area contributed by atoms with E-state index in [1.54, 1.807) is 12.3 Å². The molecule has 0 aliphatic heterocycles. The van der Waals surface area contributed by atoms with Crippen LogP contribution < -0.4 is 5.32 Å². The van der Waals surface area contributed by atoms with Crippen LogP contribution >= 0.6 is 0 Å². The Kier molecular flexibility index (Phi) is 4.97. The number of anilines is 2. The Bertz CT molecular complexity index is 1220. The highest BCUT2D eigenvalue weighted by molar-refractivity contribution is 5.95. The lowest BCUT2D eigenvalue weighted by Crippen LogP contribution is -1.97. The number of aryl methyl sites for hydroxylation is 3. The smallest absolute Gasteiger partial charge is 0.140 e. The van der Waals surface area contributed by atoms with Crippen LogP contribution in [-0.4, -0.2) is 9.97 Å². The summed E-state index contributed by atoms with van der Waals surface area (Å²) in [7, 11) is 0. The van der Waals surface area contributed by atoms with Gasteiger partial charge in [-0.15, -0.1) is 0 Å². The van der Waals surface area contributed by atoms with Crippen molar-refractivity contribution >= 4 is 22.3 Å². The molecule has 29 heavy (non-hydrogen) atoms. The van der Waals surface area contributed by atoms with Crippen molar-refractivity contribution in [1.29, 1.82) is 5.26 Å². The van der Waals surface area contributed by atoms with Crippen LogP contribution in [0.3, 0.4) is 0 Å². The number of pyridine rings is 2. The highest BCUT2D eigenvalue weighted by Gasteiger charge is 2.09. The molecule has 2 heterocycles. The number of hydrogen-bond acceptors (Lipinski definition) is 4. The van der Waals surface area contributed by atoms with E-state index in [0.29, 0.717) is 5.69 Å². The summed E-state index contributed by atoms with van der Waals surface area (Å²) >= 11 is 0. The van der Waals surface area contributed by atoms with Gasteiger partial charge in [0, 0.05) is 34.2 Å². The summed E-state index contributed by atoms with van der Waals surface area (Å²) in [6, 6.07) is 20.5. The first-order valence-corrected chi connectivity index (χ1v) is 9.72. The molecule has 4 heteroatoms.